The zero-order valence-electron chi connectivity index (χ0n) is 17.1. The highest BCUT2D eigenvalue weighted by Crippen LogP contribution is 2.25. The summed E-state index contributed by atoms with van der Waals surface area (Å²) in [5.41, 5.74) is 1.53. The number of carbonyl (C=O) groups excluding carboxylic acids is 1. The molecule has 0 saturated carbocycles. The van der Waals surface area contributed by atoms with Gasteiger partial charge < -0.3 is 14.8 Å². The fourth-order valence-electron chi connectivity index (χ4n) is 3.50. The number of hydrogen-bond acceptors (Lipinski definition) is 6. The Kier molecular flexibility index (Phi) is 6.15. The molecule has 1 aliphatic heterocycles. The van der Waals surface area contributed by atoms with Crippen molar-refractivity contribution in [2.75, 3.05) is 18.5 Å². The van der Waals surface area contributed by atoms with Crippen LogP contribution in [-0.4, -0.2) is 34.8 Å². The third-order valence-electron chi connectivity index (χ3n) is 5.31. The first kappa shape index (κ1) is 20.6. The molecule has 30 heavy (non-hydrogen) atoms. The molecular weight excluding hydrogens is 402 g/mol. The monoisotopic (exact) mass is 427 g/mol. The Labute approximate surface area is 178 Å². The second kappa shape index (κ2) is 8.97. The van der Waals surface area contributed by atoms with E-state index in [-0.39, 0.29) is 30.5 Å². The Morgan fingerprint density at radius 3 is 3.07 bits per heavy atom. The predicted molar refractivity (Wildman–Crippen MR) is 118 cm³/mol. The van der Waals surface area contributed by atoms with Crippen molar-refractivity contribution in [3.05, 3.63) is 51.4 Å². The number of amides is 1. The fraction of sp³-hybridized carbons (Fsp3) is 0.409. The first-order chi connectivity index (χ1) is 14.5. The van der Waals surface area contributed by atoms with Crippen LogP contribution >= 0.6 is 11.3 Å². The van der Waals surface area contributed by atoms with E-state index in [1.54, 1.807) is 6.07 Å². The van der Waals surface area contributed by atoms with Crippen molar-refractivity contribution in [1.29, 1.82) is 0 Å². The fourth-order valence-corrected chi connectivity index (χ4v) is 4.49. The van der Waals surface area contributed by atoms with Gasteiger partial charge in [0.2, 0.25) is 5.91 Å². The molecule has 1 fully saturated rings. The molecule has 1 aliphatic rings. The van der Waals surface area contributed by atoms with Crippen molar-refractivity contribution in [2.45, 2.75) is 45.8 Å². The molecule has 1 aromatic carbocycles. The molecule has 7 nitrogen and oxygen atoms in total. The molecule has 0 bridgehead atoms. The predicted octanol–water partition coefficient (Wildman–Crippen LogP) is 3.66. The lowest BCUT2D eigenvalue weighted by atomic mass is 10.2. The number of aryl methyl sites for hydroxylation is 3. The van der Waals surface area contributed by atoms with Crippen LogP contribution in [0, 0.1) is 13.8 Å². The molecule has 3 heterocycles. The lowest BCUT2D eigenvalue weighted by Crippen LogP contribution is -2.23. The van der Waals surface area contributed by atoms with Gasteiger partial charge >= 0.3 is 0 Å². The molecule has 8 heteroatoms. The minimum absolute atomic E-state index is 0.0980. The lowest BCUT2D eigenvalue weighted by molar-refractivity contribution is -0.116. The van der Waals surface area contributed by atoms with Gasteiger partial charge in [-0.05, 0) is 44.4 Å². The maximum absolute atomic E-state index is 12.7. The summed E-state index contributed by atoms with van der Waals surface area (Å²) in [6.07, 6.45) is 3.92. The number of hydrogen-bond donors (Lipinski definition) is 1. The number of nitrogens with zero attached hydrogens (tertiary/aromatic N) is 2. The van der Waals surface area contributed by atoms with Crippen LogP contribution in [0.3, 0.4) is 0 Å². The summed E-state index contributed by atoms with van der Waals surface area (Å²) in [7, 11) is 0. The number of nitrogens with one attached hydrogen (secondary N) is 1. The van der Waals surface area contributed by atoms with E-state index in [2.05, 4.69) is 10.3 Å². The SMILES string of the molecule is Cc1sc2ncn(CCC(=O)Nc3cccc(OC[C@H]4CCCO4)c3)c(=O)c2c1C. The van der Waals surface area contributed by atoms with E-state index in [1.165, 1.54) is 22.2 Å². The van der Waals surface area contributed by atoms with Crippen LogP contribution in [0.25, 0.3) is 10.2 Å². The van der Waals surface area contributed by atoms with Crippen molar-refractivity contribution in [2.24, 2.45) is 0 Å². The first-order valence-electron chi connectivity index (χ1n) is 10.1. The number of carbonyl (C=O) groups is 1. The van der Waals surface area contributed by atoms with Gasteiger partial charge in [0.25, 0.3) is 5.56 Å². The van der Waals surface area contributed by atoms with Crippen LogP contribution in [0.15, 0.2) is 35.4 Å². The number of rotatable bonds is 7. The Hall–Kier alpha value is -2.71. The van der Waals surface area contributed by atoms with E-state index in [0.717, 1.165) is 34.7 Å². The summed E-state index contributed by atoms with van der Waals surface area (Å²) < 4.78 is 12.8. The van der Waals surface area contributed by atoms with Crippen LogP contribution in [-0.2, 0) is 16.1 Å². The molecule has 1 N–H and O–H groups in total. The van der Waals surface area contributed by atoms with E-state index >= 15 is 0 Å². The molecule has 2 aromatic heterocycles. The van der Waals surface area contributed by atoms with Crippen LogP contribution in [0.4, 0.5) is 5.69 Å². The van der Waals surface area contributed by atoms with Gasteiger partial charge in [0.05, 0.1) is 17.8 Å². The molecule has 3 aromatic rings. The normalized spacial score (nSPS) is 16.1. The van der Waals surface area contributed by atoms with Crippen molar-refractivity contribution >= 4 is 33.1 Å². The van der Waals surface area contributed by atoms with Crippen molar-refractivity contribution in [3.8, 4) is 5.75 Å². The van der Waals surface area contributed by atoms with Crippen LogP contribution in [0.5, 0.6) is 5.75 Å². The Balaban J connectivity index is 1.35. The maximum Gasteiger partial charge on any atom is 0.262 e. The van der Waals surface area contributed by atoms with Gasteiger partial charge in [0.15, 0.2) is 0 Å². The van der Waals surface area contributed by atoms with Gasteiger partial charge in [0.1, 0.15) is 17.2 Å². The van der Waals surface area contributed by atoms with E-state index < -0.39 is 0 Å². The first-order valence-corrected chi connectivity index (χ1v) is 10.9. The smallest absolute Gasteiger partial charge is 0.262 e. The van der Waals surface area contributed by atoms with Gasteiger partial charge in [-0.2, -0.15) is 0 Å². The molecule has 1 amide bonds. The Morgan fingerprint density at radius 1 is 1.40 bits per heavy atom. The van der Waals surface area contributed by atoms with Gasteiger partial charge in [-0.3, -0.25) is 14.2 Å². The summed E-state index contributed by atoms with van der Waals surface area (Å²) in [4.78, 5) is 31.3. The average Bonchev–Trinajstić information content (AvgIpc) is 3.35. The molecule has 4 rings (SSSR count). The zero-order valence-corrected chi connectivity index (χ0v) is 18.0. The number of benzene rings is 1. The lowest BCUT2D eigenvalue weighted by Gasteiger charge is -2.12. The zero-order chi connectivity index (χ0) is 21.1. The van der Waals surface area contributed by atoms with E-state index in [9.17, 15) is 9.59 Å². The minimum atomic E-state index is -0.170. The quantitative estimate of drug-likeness (QED) is 0.622. The highest BCUT2D eigenvalue weighted by molar-refractivity contribution is 7.18. The average molecular weight is 428 g/mol. The molecule has 1 atom stereocenters. The van der Waals surface area contributed by atoms with E-state index in [0.29, 0.717) is 23.4 Å². The number of fused-ring (bicyclic) bond motifs is 1. The highest BCUT2D eigenvalue weighted by atomic mass is 32.1. The number of thiophene rings is 1. The summed E-state index contributed by atoms with van der Waals surface area (Å²) in [5, 5.41) is 3.52. The van der Waals surface area contributed by atoms with Crippen molar-refractivity contribution in [3.63, 3.8) is 0 Å². The molecule has 0 unspecified atom stereocenters. The third kappa shape index (κ3) is 4.55. The number of aromatic nitrogens is 2. The third-order valence-corrected chi connectivity index (χ3v) is 6.43. The second-order valence-electron chi connectivity index (χ2n) is 7.48. The maximum atomic E-state index is 12.7. The molecule has 0 radical (unpaired) electrons. The van der Waals surface area contributed by atoms with E-state index in [1.807, 2.05) is 32.0 Å². The number of ether oxygens (including phenoxy) is 2. The summed E-state index contributed by atoms with van der Waals surface area (Å²) in [5.74, 6) is 0.522. The van der Waals surface area contributed by atoms with Gasteiger partial charge in [-0.1, -0.05) is 6.07 Å². The Morgan fingerprint density at radius 2 is 2.27 bits per heavy atom. The second-order valence-corrected chi connectivity index (χ2v) is 8.68. The van der Waals surface area contributed by atoms with Crippen LogP contribution in [0.2, 0.25) is 0 Å². The molecule has 0 aliphatic carbocycles. The Bertz CT molecular complexity index is 1120. The largest absolute Gasteiger partial charge is 0.491 e. The topological polar surface area (TPSA) is 82.5 Å². The van der Waals surface area contributed by atoms with Gasteiger partial charge in [-0.25, -0.2) is 4.98 Å². The summed E-state index contributed by atoms with van der Waals surface area (Å²) in [6, 6.07) is 7.30. The van der Waals surface area contributed by atoms with Crippen molar-refractivity contribution < 1.29 is 14.3 Å². The molecule has 158 valence electrons. The molecule has 0 spiro atoms. The van der Waals surface area contributed by atoms with Crippen LogP contribution in [0.1, 0.15) is 29.7 Å². The molecular formula is C22H25N3O4S. The summed E-state index contributed by atoms with van der Waals surface area (Å²) >= 11 is 1.52. The minimum Gasteiger partial charge on any atom is -0.491 e. The van der Waals surface area contributed by atoms with Gasteiger partial charge in [-0.15, -0.1) is 11.3 Å². The van der Waals surface area contributed by atoms with Crippen molar-refractivity contribution in [1.82, 2.24) is 9.55 Å². The van der Waals surface area contributed by atoms with Gasteiger partial charge in [0, 0.05) is 36.2 Å². The highest BCUT2D eigenvalue weighted by Gasteiger charge is 2.16. The number of anilines is 1. The van der Waals surface area contributed by atoms with E-state index in [4.69, 9.17) is 9.47 Å². The standard InChI is InChI=1S/C22H25N3O4S/c1-14-15(2)30-21-20(14)22(27)25(13-23-21)9-8-19(26)24-16-5-3-6-17(11-16)29-12-18-7-4-10-28-18/h3,5-6,11,13,18H,4,7-10,12H2,1-2H3,(H,24,26)/t18-/m1/s1. The van der Waals surface area contributed by atoms with Crippen LogP contribution < -0.4 is 15.6 Å². The summed E-state index contributed by atoms with van der Waals surface area (Å²) in [6.45, 7) is 5.50. The molecule has 1 saturated heterocycles.